The number of hydrogen-bond acceptors (Lipinski definition) is 2. The molecule has 0 bridgehead atoms. The number of nitrogens with two attached hydrogens (primary N) is 1. The molecule has 2 rings (SSSR count). The molecule has 2 atom stereocenters. The third-order valence-electron chi connectivity index (χ3n) is 3.86. The molecule has 2 N–H and O–H groups in total. The highest BCUT2D eigenvalue weighted by molar-refractivity contribution is 5.84. The van der Waals surface area contributed by atoms with Gasteiger partial charge >= 0.3 is 6.18 Å². The van der Waals surface area contributed by atoms with E-state index in [1.54, 1.807) is 17.9 Å². The summed E-state index contributed by atoms with van der Waals surface area (Å²) < 4.78 is 38.3. The topological polar surface area (TPSA) is 46.3 Å². The van der Waals surface area contributed by atoms with Gasteiger partial charge in [-0.25, -0.2) is 0 Å². The van der Waals surface area contributed by atoms with E-state index in [1.807, 2.05) is 0 Å². The Morgan fingerprint density at radius 2 is 2.19 bits per heavy atom. The quantitative estimate of drug-likeness (QED) is 0.933. The average molecular weight is 300 g/mol. The molecule has 1 aliphatic heterocycles. The molecule has 1 amide bonds. The Balaban J connectivity index is 2.23. The molecule has 1 aromatic carbocycles. The standard InChI is InChI=1S/C15H19F3N2O/c1-2-13(14(21)20-7-6-12(19)9-20)10-4-3-5-11(8-10)15(16,17)18/h3-5,8,12-13H,2,6-7,9,19H2,1H3/t12-,13?/m1/s1. The highest BCUT2D eigenvalue weighted by atomic mass is 19.4. The Hall–Kier alpha value is -1.56. The van der Waals surface area contributed by atoms with Crippen LogP contribution in [0.4, 0.5) is 13.2 Å². The molecule has 6 heteroatoms. The van der Waals surface area contributed by atoms with E-state index in [2.05, 4.69) is 0 Å². The molecule has 1 fully saturated rings. The molecule has 0 radical (unpaired) electrons. The van der Waals surface area contributed by atoms with Crippen LogP contribution in [-0.2, 0) is 11.0 Å². The van der Waals surface area contributed by atoms with E-state index < -0.39 is 17.7 Å². The van der Waals surface area contributed by atoms with Crippen molar-refractivity contribution in [3.63, 3.8) is 0 Å². The first-order valence-electron chi connectivity index (χ1n) is 7.04. The van der Waals surface area contributed by atoms with Crippen LogP contribution < -0.4 is 5.73 Å². The van der Waals surface area contributed by atoms with Crippen molar-refractivity contribution in [2.45, 2.75) is 37.9 Å². The maximum Gasteiger partial charge on any atom is 0.416 e. The minimum absolute atomic E-state index is 0.0343. The number of amides is 1. The minimum atomic E-state index is -4.40. The third kappa shape index (κ3) is 3.56. The summed E-state index contributed by atoms with van der Waals surface area (Å²) in [4.78, 5) is 14.1. The zero-order chi connectivity index (χ0) is 15.6. The Morgan fingerprint density at radius 1 is 1.48 bits per heavy atom. The largest absolute Gasteiger partial charge is 0.416 e. The zero-order valence-electron chi connectivity index (χ0n) is 11.9. The summed E-state index contributed by atoms with van der Waals surface area (Å²) >= 11 is 0. The summed E-state index contributed by atoms with van der Waals surface area (Å²) in [6, 6.07) is 4.99. The molecule has 0 aromatic heterocycles. The van der Waals surface area contributed by atoms with Crippen LogP contribution in [0.2, 0.25) is 0 Å². The van der Waals surface area contributed by atoms with Gasteiger partial charge in [0.05, 0.1) is 11.5 Å². The number of hydrogen-bond donors (Lipinski definition) is 1. The van der Waals surface area contributed by atoms with Gasteiger partial charge in [-0.1, -0.05) is 25.1 Å². The SMILES string of the molecule is CCC(C(=O)N1CC[C@@H](N)C1)c1cccc(C(F)(F)F)c1. The van der Waals surface area contributed by atoms with Gasteiger partial charge in [-0.15, -0.1) is 0 Å². The van der Waals surface area contributed by atoms with Crippen molar-refractivity contribution in [3.05, 3.63) is 35.4 Å². The third-order valence-corrected chi connectivity index (χ3v) is 3.86. The van der Waals surface area contributed by atoms with Gasteiger partial charge in [0.25, 0.3) is 0 Å². The molecular formula is C15H19F3N2O. The van der Waals surface area contributed by atoms with Crippen LogP contribution in [0.1, 0.15) is 36.8 Å². The van der Waals surface area contributed by atoms with Crippen molar-refractivity contribution in [2.24, 2.45) is 5.73 Å². The summed E-state index contributed by atoms with van der Waals surface area (Å²) in [5.74, 6) is -0.678. The van der Waals surface area contributed by atoms with E-state index in [1.165, 1.54) is 6.07 Å². The van der Waals surface area contributed by atoms with Crippen molar-refractivity contribution in [3.8, 4) is 0 Å². The summed E-state index contributed by atoms with van der Waals surface area (Å²) in [7, 11) is 0. The Bertz CT molecular complexity index is 516. The summed E-state index contributed by atoms with van der Waals surface area (Å²) in [5, 5.41) is 0. The van der Waals surface area contributed by atoms with Crippen LogP contribution in [0, 0.1) is 0 Å². The lowest BCUT2D eigenvalue weighted by Crippen LogP contribution is -2.35. The second kappa shape index (κ2) is 6.05. The average Bonchev–Trinajstić information content (AvgIpc) is 2.85. The van der Waals surface area contributed by atoms with Crippen LogP contribution in [0.5, 0.6) is 0 Å². The number of halogens is 3. The predicted molar refractivity (Wildman–Crippen MR) is 73.6 cm³/mol. The molecule has 116 valence electrons. The van der Waals surface area contributed by atoms with Crippen LogP contribution in [0.15, 0.2) is 24.3 Å². The molecule has 0 aliphatic carbocycles. The van der Waals surface area contributed by atoms with Gasteiger partial charge in [-0.2, -0.15) is 13.2 Å². The number of benzene rings is 1. The van der Waals surface area contributed by atoms with Gasteiger partial charge in [0, 0.05) is 19.1 Å². The van der Waals surface area contributed by atoms with E-state index in [0.717, 1.165) is 18.6 Å². The second-order valence-electron chi connectivity index (χ2n) is 5.42. The fraction of sp³-hybridized carbons (Fsp3) is 0.533. The molecule has 1 aromatic rings. The van der Waals surface area contributed by atoms with Gasteiger partial charge in [0.1, 0.15) is 0 Å². The van der Waals surface area contributed by atoms with Crippen molar-refractivity contribution in [1.29, 1.82) is 0 Å². The van der Waals surface area contributed by atoms with Gasteiger partial charge in [-0.3, -0.25) is 4.79 Å². The smallest absolute Gasteiger partial charge is 0.341 e. The fourth-order valence-corrected chi connectivity index (χ4v) is 2.69. The molecule has 1 saturated heterocycles. The van der Waals surface area contributed by atoms with Gasteiger partial charge in [0.2, 0.25) is 5.91 Å². The molecular weight excluding hydrogens is 281 g/mol. The maximum atomic E-state index is 12.8. The van der Waals surface area contributed by atoms with E-state index in [9.17, 15) is 18.0 Å². The number of rotatable bonds is 3. The predicted octanol–water partition coefficient (Wildman–Crippen LogP) is 2.76. The van der Waals surface area contributed by atoms with Crippen molar-refractivity contribution >= 4 is 5.91 Å². The summed E-state index contributed by atoms with van der Waals surface area (Å²) in [5.41, 5.74) is 5.48. The Kier molecular flexibility index (Phi) is 4.56. The Labute approximate surface area is 121 Å². The lowest BCUT2D eigenvalue weighted by atomic mass is 9.93. The van der Waals surface area contributed by atoms with Crippen LogP contribution in [-0.4, -0.2) is 29.9 Å². The van der Waals surface area contributed by atoms with E-state index >= 15 is 0 Å². The second-order valence-corrected chi connectivity index (χ2v) is 5.42. The molecule has 0 spiro atoms. The molecule has 21 heavy (non-hydrogen) atoms. The van der Waals surface area contributed by atoms with Gasteiger partial charge in [-0.05, 0) is 24.5 Å². The molecule has 3 nitrogen and oxygen atoms in total. The number of alkyl halides is 3. The van der Waals surface area contributed by atoms with E-state index in [-0.39, 0.29) is 11.9 Å². The van der Waals surface area contributed by atoms with Crippen LogP contribution in [0.3, 0.4) is 0 Å². The fourth-order valence-electron chi connectivity index (χ4n) is 2.69. The summed E-state index contributed by atoms with van der Waals surface area (Å²) in [6.07, 6.45) is -3.19. The molecule has 1 heterocycles. The first-order chi connectivity index (χ1) is 9.82. The highest BCUT2D eigenvalue weighted by Crippen LogP contribution is 2.32. The van der Waals surface area contributed by atoms with Crippen molar-refractivity contribution < 1.29 is 18.0 Å². The number of carbonyl (C=O) groups excluding carboxylic acids is 1. The summed E-state index contributed by atoms with van der Waals surface area (Å²) in [6.45, 7) is 2.86. The van der Waals surface area contributed by atoms with E-state index in [4.69, 9.17) is 5.73 Å². The van der Waals surface area contributed by atoms with Crippen LogP contribution in [0.25, 0.3) is 0 Å². The first-order valence-corrected chi connectivity index (χ1v) is 7.04. The molecule has 1 unspecified atom stereocenters. The normalized spacial score (nSPS) is 20.6. The number of likely N-dealkylation sites (tertiary alicyclic amines) is 1. The lowest BCUT2D eigenvalue weighted by Gasteiger charge is -2.23. The lowest BCUT2D eigenvalue weighted by molar-refractivity contribution is -0.138. The minimum Gasteiger partial charge on any atom is -0.341 e. The van der Waals surface area contributed by atoms with Gasteiger partial charge < -0.3 is 10.6 Å². The maximum absolute atomic E-state index is 12.8. The monoisotopic (exact) mass is 300 g/mol. The molecule has 1 aliphatic rings. The van der Waals surface area contributed by atoms with Gasteiger partial charge in [0.15, 0.2) is 0 Å². The number of nitrogens with zero attached hydrogens (tertiary/aromatic N) is 1. The van der Waals surface area contributed by atoms with E-state index in [0.29, 0.717) is 25.1 Å². The first kappa shape index (κ1) is 15.8. The van der Waals surface area contributed by atoms with Crippen molar-refractivity contribution in [2.75, 3.05) is 13.1 Å². The van der Waals surface area contributed by atoms with Crippen LogP contribution >= 0.6 is 0 Å². The number of carbonyl (C=O) groups is 1. The highest BCUT2D eigenvalue weighted by Gasteiger charge is 2.33. The zero-order valence-corrected chi connectivity index (χ0v) is 11.9. The molecule has 0 saturated carbocycles. The Morgan fingerprint density at radius 3 is 2.71 bits per heavy atom. The van der Waals surface area contributed by atoms with Crippen molar-refractivity contribution in [1.82, 2.24) is 4.90 Å².